The maximum Gasteiger partial charge on any atom is 0.217 e. The van der Waals surface area contributed by atoms with Gasteiger partial charge in [-0.15, -0.1) is 0 Å². The first-order valence-electron chi connectivity index (χ1n) is 7.45. The number of carbonyl (C=O) groups excluding carboxylic acids is 1. The third-order valence-electron chi connectivity index (χ3n) is 4.34. The highest BCUT2D eigenvalue weighted by Crippen LogP contribution is 2.28. The lowest BCUT2D eigenvalue weighted by atomic mass is 9.89. The summed E-state index contributed by atoms with van der Waals surface area (Å²) in [6, 6.07) is 5.92. The lowest BCUT2D eigenvalue weighted by Gasteiger charge is -2.37. The Morgan fingerprint density at radius 2 is 1.90 bits per heavy atom. The molecule has 0 N–H and O–H groups in total. The molecule has 2 aromatic rings. The molecule has 0 saturated heterocycles. The first-order valence-corrected chi connectivity index (χ1v) is 7.45. The number of halogens is 1. The summed E-state index contributed by atoms with van der Waals surface area (Å²) in [7, 11) is 0. The lowest BCUT2D eigenvalue weighted by Crippen LogP contribution is -2.51. The fourth-order valence-electron chi connectivity index (χ4n) is 2.84. The molecule has 2 rings (SSSR count). The Hall–Kier alpha value is -1.68. The summed E-state index contributed by atoms with van der Waals surface area (Å²) >= 11 is 0. The van der Waals surface area contributed by atoms with Crippen LogP contribution < -0.4 is 0 Å². The second kappa shape index (κ2) is 5.98. The molecule has 1 unspecified atom stereocenters. The molecular formula is C17H22FNO2. The van der Waals surface area contributed by atoms with Crippen LogP contribution in [0.1, 0.15) is 44.7 Å². The molecule has 0 saturated carbocycles. The number of hydrogen-bond acceptors (Lipinski definition) is 3. The van der Waals surface area contributed by atoms with Crippen molar-refractivity contribution >= 4 is 16.8 Å². The predicted octanol–water partition coefficient (Wildman–Crippen LogP) is 4.27. The molecule has 0 aliphatic carbocycles. The second-order valence-corrected chi connectivity index (χ2v) is 5.42. The molecule has 1 aromatic carbocycles. The van der Waals surface area contributed by atoms with Crippen molar-refractivity contribution in [3.05, 3.63) is 35.8 Å². The van der Waals surface area contributed by atoms with Gasteiger partial charge in [-0.1, -0.05) is 20.8 Å². The van der Waals surface area contributed by atoms with Gasteiger partial charge in [-0.05, 0) is 50.7 Å². The zero-order valence-electron chi connectivity index (χ0n) is 13.1. The van der Waals surface area contributed by atoms with E-state index in [1.165, 1.54) is 12.1 Å². The summed E-state index contributed by atoms with van der Waals surface area (Å²) in [4.78, 5) is 15.0. The maximum absolute atomic E-state index is 13.2. The summed E-state index contributed by atoms with van der Waals surface area (Å²) < 4.78 is 18.9. The molecule has 0 bridgehead atoms. The Labute approximate surface area is 124 Å². The van der Waals surface area contributed by atoms with Crippen LogP contribution in [0, 0.1) is 5.82 Å². The van der Waals surface area contributed by atoms with Crippen LogP contribution in [0.15, 0.2) is 28.7 Å². The number of hydrogen-bond donors (Lipinski definition) is 0. The molecule has 21 heavy (non-hydrogen) atoms. The molecule has 0 radical (unpaired) electrons. The molecule has 3 nitrogen and oxygen atoms in total. The lowest BCUT2D eigenvalue weighted by molar-refractivity contribution is 0.0580. The Morgan fingerprint density at radius 3 is 2.48 bits per heavy atom. The van der Waals surface area contributed by atoms with Crippen LogP contribution in [0.5, 0.6) is 0 Å². The van der Waals surface area contributed by atoms with Gasteiger partial charge in [0.25, 0.3) is 0 Å². The van der Waals surface area contributed by atoms with Crippen LogP contribution in [0.25, 0.3) is 11.0 Å². The van der Waals surface area contributed by atoms with Gasteiger partial charge in [-0.2, -0.15) is 0 Å². The van der Waals surface area contributed by atoms with Gasteiger partial charge in [0.2, 0.25) is 5.78 Å². The van der Waals surface area contributed by atoms with Crippen molar-refractivity contribution in [2.24, 2.45) is 0 Å². The smallest absolute Gasteiger partial charge is 0.217 e. The summed E-state index contributed by atoms with van der Waals surface area (Å²) in [5, 5.41) is 0.622. The molecule has 1 heterocycles. The van der Waals surface area contributed by atoms with Crippen molar-refractivity contribution < 1.29 is 13.6 Å². The standard InChI is InChI=1S/C17H22FNO2/c1-5-17(4,19(6-2)7-3)16(20)15-11-12-10-13(18)8-9-14(12)21-15/h8-11H,5-7H2,1-4H3. The normalized spacial score (nSPS) is 14.6. The topological polar surface area (TPSA) is 33.5 Å². The van der Waals surface area contributed by atoms with Gasteiger partial charge >= 0.3 is 0 Å². The molecule has 0 amide bonds. The summed E-state index contributed by atoms with van der Waals surface area (Å²) in [5.41, 5.74) is -0.0617. The van der Waals surface area contributed by atoms with Crippen molar-refractivity contribution in [3.8, 4) is 0 Å². The van der Waals surface area contributed by atoms with E-state index in [-0.39, 0.29) is 11.6 Å². The van der Waals surface area contributed by atoms with E-state index in [4.69, 9.17) is 4.42 Å². The zero-order chi connectivity index (χ0) is 15.6. The van der Waals surface area contributed by atoms with Crippen LogP contribution in [-0.4, -0.2) is 29.3 Å². The molecule has 0 spiro atoms. The average molecular weight is 291 g/mol. The van der Waals surface area contributed by atoms with E-state index in [0.29, 0.717) is 23.2 Å². The summed E-state index contributed by atoms with van der Waals surface area (Å²) in [6.45, 7) is 9.61. The van der Waals surface area contributed by atoms with E-state index in [2.05, 4.69) is 4.90 Å². The minimum Gasteiger partial charge on any atom is -0.453 e. The average Bonchev–Trinajstić information content (AvgIpc) is 2.90. The van der Waals surface area contributed by atoms with Gasteiger partial charge in [0, 0.05) is 5.39 Å². The fourth-order valence-corrected chi connectivity index (χ4v) is 2.84. The summed E-state index contributed by atoms with van der Waals surface area (Å²) in [6.07, 6.45) is 0.693. The number of ketones is 1. The van der Waals surface area contributed by atoms with Gasteiger partial charge in [0.15, 0.2) is 5.76 Å². The van der Waals surface area contributed by atoms with Crippen molar-refractivity contribution in [2.45, 2.75) is 39.7 Å². The maximum atomic E-state index is 13.2. The number of rotatable bonds is 6. The Kier molecular flexibility index (Phi) is 4.47. The molecule has 0 aliphatic rings. The molecule has 114 valence electrons. The monoisotopic (exact) mass is 291 g/mol. The van der Waals surface area contributed by atoms with Crippen LogP contribution in [0.3, 0.4) is 0 Å². The molecule has 0 fully saturated rings. The number of furan rings is 1. The molecular weight excluding hydrogens is 269 g/mol. The number of carbonyl (C=O) groups is 1. The van der Waals surface area contributed by atoms with E-state index in [1.807, 2.05) is 27.7 Å². The minimum absolute atomic E-state index is 0.0506. The number of nitrogens with zero attached hydrogens (tertiary/aromatic N) is 1. The van der Waals surface area contributed by atoms with Gasteiger partial charge in [-0.3, -0.25) is 9.69 Å². The van der Waals surface area contributed by atoms with Crippen LogP contribution >= 0.6 is 0 Å². The van der Waals surface area contributed by atoms with Gasteiger partial charge in [0.05, 0.1) is 5.54 Å². The largest absolute Gasteiger partial charge is 0.453 e. The fraction of sp³-hybridized carbons (Fsp3) is 0.471. The van der Waals surface area contributed by atoms with E-state index < -0.39 is 5.54 Å². The van der Waals surface area contributed by atoms with E-state index in [1.54, 1.807) is 12.1 Å². The highest BCUT2D eigenvalue weighted by atomic mass is 19.1. The van der Waals surface area contributed by atoms with E-state index in [9.17, 15) is 9.18 Å². The second-order valence-electron chi connectivity index (χ2n) is 5.42. The molecule has 1 atom stereocenters. The van der Waals surface area contributed by atoms with Gasteiger partial charge < -0.3 is 4.42 Å². The Morgan fingerprint density at radius 1 is 1.24 bits per heavy atom. The third-order valence-corrected chi connectivity index (χ3v) is 4.34. The quantitative estimate of drug-likeness (QED) is 0.745. The minimum atomic E-state index is -0.601. The highest BCUT2D eigenvalue weighted by Gasteiger charge is 2.38. The highest BCUT2D eigenvalue weighted by molar-refractivity contribution is 6.03. The van der Waals surface area contributed by atoms with Gasteiger partial charge in [-0.25, -0.2) is 4.39 Å². The number of fused-ring (bicyclic) bond motifs is 1. The van der Waals surface area contributed by atoms with Crippen molar-refractivity contribution in [1.29, 1.82) is 0 Å². The summed E-state index contributed by atoms with van der Waals surface area (Å²) in [5.74, 6) is -0.0820. The van der Waals surface area contributed by atoms with Crippen LogP contribution in [0.2, 0.25) is 0 Å². The van der Waals surface area contributed by atoms with E-state index >= 15 is 0 Å². The number of Topliss-reactive ketones (excluding diaryl/α,β-unsaturated/α-hetero) is 1. The Bertz CT molecular complexity index is 645. The third kappa shape index (κ3) is 2.72. The van der Waals surface area contributed by atoms with Gasteiger partial charge in [0.1, 0.15) is 11.4 Å². The Balaban J connectivity index is 2.44. The van der Waals surface area contributed by atoms with Crippen molar-refractivity contribution in [1.82, 2.24) is 4.90 Å². The zero-order valence-corrected chi connectivity index (χ0v) is 13.1. The predicted molar refractivity (Wildman–Crippen MR) is 82.1 cm³/mol. The van der Waals surface area contributed by atoms with Crippen LogP contribution in [0.4, 0.5) is 4.39 Å². The molecule has 0 aliphatic heterocycles. The first-order chi connectivity index (χ1) is 9.96. The number of benzene rings is 1. The molecule has 1 aromatic heterocycles. The SMILES string of the molecule is CCN(CC)C(C)(CC)C(=O)c1cc2cc(F)ccc2o1. The van der Waals surface area contributed by atoms with E-state index in [0.717, 1.165) is 13.1 Å². The number of likely N-dealkylation sites (N-methyl/N-ethyl adjacent to an activating group) is 1. The molecule has 4 heteroatoms. The van der Waals surface area contributed by atoms with Crippen molar-refractivity contribution in [3.63, 3.8) is 0 Å². The van der Waals surface area contributed by atoms with Crippen molar-refractivity contribution in [2.75, 3.05) is 13.1 Å². The van der Waals surface area contributed by atoms with Crippen LogP contribution in [-0.2, 0) is 0 Å². The first kappa shape index (κ1) is 15.7.